The number of sulfone groups is 1. The second-order valence-corrected chi connectivity index (χ2v) is 10.9. The van der Waals surface area contributed by atoms with Gasteiger partial charge in [0.05, 0.1) is 5.69 Å². The lowest BCUT2D eigenvalue weighted by atomic mass is 9.93. The summed E-state index contributed by atoms with van der Waals surface area (Å²) in [5, 5.41) is 14.0. The van der Waals surface area contributed by atoms with Gasteiger partial charge in [0.1, 0.15) is 15.3 Å². The fraction of sp³-hybridized carbons (Fsp3) is 0.200. The molecule has 0 saturated carbocycles. The van der Waals surface area contributed by atoms with Crippen molar-refractivity contribution in [3.63, 3.8) is 0 Å². The molecular formula is C20H18N2O2S3. The van der Waals surface area contributed by atoms with Crippen LogP contribution in [0.3, 0.4) is 0 Å². The van der Waals surface area contributed by atoms with E-state index in [4.69, 9.17) is 0 Å². The Labute approximate surface area is 167 Å². The minimum Gasteiger partial charge on any atom is -0.241 e. The van der Waals surface area contributed by atoms with Crippen molar-refractivity contribution in [1.29, 1.82) is 5.26 Å². The summed E-state index contributed by atoms with van der Waals surface area (Å²) in [6.45, 7) is 6.37. The third-order valence-electron chi connectivity index (χ3n) is 3.89. The van der Waals surface area contributed by atoms with Crippen LogP contribution in [0.4, 0.5) is 0 Å². The first-order chi connectivity index (χ1) is 12.7. The molecule has 7 heteroatoms. The number of hydrogen-bond acceptors (Lipinski definition) is 6. The van der Waals surface area contributed by atoms with Crippen molar-refractivity contribution in [3.8, 4) is 16.6 Å². The van der Waals surface area contributed by atoms with E-state index >= 15 is 0 Å². The molecule has 2 heterocycles. The smallest absolute Gasteiger partial charge is 0.226 e. The summed E-state index contributed by atoms with van der Waals surface area (Å²) in [5.41, 5.74) is 2.66. The van der Waals surface area contributed by atoms with Crippen LogP contribution in [0.25, 0.3) is 16.6 Å². The van der Waals surface area contributed by atoms with E-state index in [0.29, 0.717) is 5.56 Å². The molecule has 0 aliphatic rings. The molecule has 4 nitrogen and oxygen atoms in total. The zero-order valence-electron chi connectivity index (χ0n) is 15.1. The topological polar surface area (TPSA) is 70.8 Å². The zero-order valence-corrected chi connectivity index (χ0v) is 17.6. The number of benzene rings is 1. The first-order valence-corrected chi connectivity index (χ1v) is 11.4. The number of rotatable bonds is 4. The first-order valence-electron chi connectivity index (χ1n) is 8.18. The van der Waals surface area contributed by atoms with Crippen molar-refractivity contribution in [2.75, 3.05) is 0 Å². The quantitative estimate of drug-likeness (QED) is 0.528. The van der Waals surface area contributed by atoms with Gasteiger partial charge in [0.15, 0.2) is 4.91 Å². The van der Waals surface area contributed by atoms with E-state index in [1.54, 1.807) is 34.9 Å². The van der Waals surface area contributed by atoms with Gasteiger partial charge in [0, 0.05) is 16.4 Å². The molecule has 3 aromatic rings. The average molecular weight is 415 g/mol. The van der Waals surface area contributed by atoms with Crippen LogP contribution in [0.2, 0.25) is 0 Å². The summed E-state index contributed by atoms with van der Waals surface area (Å²) >= 11 is 2.68. The van der Waals surface area contributed by atoms with E-state index in [9.17, 15) is 13.7 Å². The van der Waals surface area contributed by atoms with Crippen molar-refractivity contribution >= 4 is 38.6 Å². The molecule has 0 aliphatic carbocycles. The van der Waals surface area contributed by atoms with Gasteiger partial charge < -0.3 is 0 Å². The number of thiophene rings is 1. The van der Waals surface area contributed by atoms with Crippen LogP contribution in [0.1, 0.15) is 32.0 Å². The highest BCUT2D eigenvalue weighted by Crippen LogP contribution is 2.30. The molecule has 0 radical (unpaired) electrons. The molecule has 27 heavy (non-hydrogen) atoms. The number of thiazole rings is 1. The lowest BCUT2D eigenvalue weighted by Gasteiger charge is -2.14. The van der Waals surface area contributed by atoms with Crippen LogP contribution in [0.5, 0.6) is 0 Å². The Morgan fingerprint density at radius 1 is 1.15 bits per heavy atom. The van der Waals surface area contributed by atoms with Crippen LogP contribution in [0.15, 0.2) is 56.3 Å². The predicted octanol–water partition coefficient (Wildman–Crippen LogP) is 5.51. The van der Waals surface area contributed by atoms with Crippen molar-refractivity contribution in [1.82, 2.24) is 4.98 Å². The molecule has 0 spiro atoms. The molecular weight excluding hydrogens is 396 g/mol. The van der Waals surface area contributed by atoms with Crippen molar-refractivity contribution < 1.29 is 8.42 Å². The van der Waals surface area contributed by atoms with E-state index in [1.165, 1.54) is 12.1 Å². The van der Waals surface area contributed by atoms with Gasteiger partial charge >= 0.3 is 0 Å². The van der Waals surface area contributed by atoms with Gasteiger partial charge in [0.2, 0.25) is 9.84 Å². The van der Waals surface area contributed by atoms with Crippen molar-refractivity contribution in [3.05, 3.63) is 63.3 Å². The molecule has 0 atom stereocenters. The predicted molar refractivity (Wildman–Crippen MR) is 111 cm³/mol. The Morgan fingerprint density at radius 3 is 2.37 bits per heavy atom. The van der Waals surface area contributed by atoms with Crippen molar-refractivity contribution in [2.24, 2.45) is 0 Å². The molecule has 0 saturated heterocycles. The van der Waals surface area contributed by atoms with Gasteiger partial charge in [-0.1, -0.05) is 51.1 Å². The number of nitrogens with zero attached hydrogens (tertiary/aromatic N) is 2. The summed E-state index contributed by atoms with van der Waals surface area (Å²) in [4.78, 5) is 4.43. The summed E-state index contributed by atoms with van der Waals surface area (Å²) in [6.07, 6.45) is 1.40. The second-order valence-electron chi connectivity index (χ2n) is 6.97. The second kappa shape index (κ2) is 7.39. The lowest BCUT2D eigenvalue weighted by molar-refractivity contribution is 0.573. The van der Waals surface area contributed by atoms with Crippen LogP contribution in [0, 0.1) is 11.3 Å². The number of hydrogen-bond donors (Lipinski definition) is 0. The fourth-order valence-corrected chi connectivity index (χ4v) is 5.65. The Morgan fingerprint density at radius 2 is 1.85 bits per heavy atom. The molecule has 0 unspecified atom stereocenters. The first kappa shape index (κ1) is 19.5. The van der Waals surface area contributed by atoms with Gasteiger partial charge in [-0.25, -0.2) is 13.4 Å². The summed E-state index contributed by atoms with van der Waals surface area (Å²) < 4.78 is 25.2. The number of aromatic nitrogens is 1. The molecule has 0 N–H and O–H groups in total. The third-order valence-corrected chi connectivity index (χ3v) is 7.84. The molecule has 3 rings (SSSR count). The summed E-state index contributed by atoms with van der Waals surface area (Å²) in [5.74, 6) is 0. The Hall–Kier alpha value is -2.27. The molecule has 1 aromatic carbocycles. The van der Waals surface area contributed by atoms with Crippen LogP contribution < -0.4 is 0 Å². The summed E-state index contributed by atoms with van der Waals surface area (Å²) in [7, 11) is -3.77. The van der Waals surface area contributed by atoms with E-state index < -0.39 is 9.84 Å². The van der Waals surface area contributed by atoms with Gasteiger partial charge in [-0.2, -0.15) is 5.26 Å². The minimum absolute atomic E-state index is 0.00469. The summed E-state index contributed by atoms with van der Waals surface area (Å²) in [6, 6.07) is 12.4. The zero-order chi connectivity index (χ0) is 19.7. The van der Waals surface area contributed by atoms with E-state index in [2.05, 4.69) is 31.1 Å². The molecule has 2 aromatic heterocycles. The van der Waals surface area contributed by atoms with E-state index in [-0.39, 0.29) is 14.5 Å². The van der Waals surface area contributed by atoms with Gasteiger partial charge in [-0.05, 0) is 23.1 Å². The monoisotopic (exact) mass is 414 g/mol. The Kier molecular flexibility index (Phi) is 5.33. The maximum absolute atomic E-state index is 12.5. The Balaban J connectivity index is 1.90. The van der Waals surface area contributed by atoms with Gasteiger partial charge in [0.25, 0.3) is 0 Å². The highest BCUT2D eigenvalue weighted by molar-refractivity contribution is 7.97. The van der Waals surface area contributed by atoms with Gasteiger partial charge in [-0.3, -0.25) is 0 Å². The number of allylic oxidation sites excluding steroid dienone is 1. The molecule has 0 fully saturated rings. The minimum atomic E-state index is -3.77. The van der Waals surface area contributed by atoms with Crippen molar-refractivity contribution in [2.45, 2.75) is 30.4 Å². The SMILES string of the molecule is CC(C)(C)c1csc(-c2ccc(C=C(C#N)S(=O)(=O)c3cccs3)cc2)n1. The van der Waals surface area contributed by atoms with Gasteiger partial charge in [-0.15, -0.1) is 22.7 Å². The van der Waals surface area contributed by atoms with Crippen LogP contribution in [-0.4, -0.2) is 13.4 Å². The average Bonchev–Trinajstić information content (AvgIpc) is 3.31. The maximum atomic E-state index is 12.5. The Bertz CT molecular complexity index is 1110. The number of nitriles is 1. The molecule has 0 bridgehead atoms. The maximum Gasteiger partial charge on any atom is 0.226 e. The fourth-order valence-electron chi connectivity index (χ4n) is 2.32. The third kappa shape index (κ3) is 4.19. The normalized spacial score (nSPS) is 12.7. The molecule has 0 amide bonds. The van der Waals surface area contributed by atoms with E-state index in [0.717, 1.165) is 27.6 Å². The molecule has 0 aliphatic heterocycles. The van der Waals surface area contributed by atoms with Crippen LogP contribution in [-0.2, 0) is 15.3 Å². The molecule has 138 valence electrons. The van der Waals surface area contributed by atoms with Crippen LogP contribution >= 0.6 is 22.7 Å². The largest absolute Gasteiger partial charge is 0.241 e. The van der Waals surface area contributed by atoms with E-state index in [1.807, 2.05) is 18.2 Å². The lowest BCUT2D eigenvalue weighted by Crippen LogP contribution is -2.11. The standard InChI is InChI=1S/C20H18N2O2S3/c1-20(2,3)17-13-26-19(22-17)15-8-6-14(7-9-15)11-16(12-21)27(23,24)18-5-4-10-25-18/h4-11,13H,1-3H3. The highest BCUT2D eigenvalue weighted by atomic mass is 32.2. The highest BCUT2D eigenvalue weighted by Gasteiger charge is 2.22.